The third-order valence-corrected chi connectivity index (χ3v) is 4.29. The molecule has 0 unspecified atom stereocenters. The summed E-state index contributed by atoms with van der Waals surface area (Å²) in [5, 5.41) is 12.8. The van der Waals surface area contributed by atoms with Crippen molar-refractivity contribution in [1.29, 1.82) is 0 Å². The zero-order chi connectivity index (χ0) is 16.8. The van der Waals surface area contributed by atoms with Crippen molar-refractivity contribution in [3.63, 3.8) is 0 Å². The molecule has 2 aromatic carbocycles. The quantitative estimate of drug-likeness (QED) is 0.640. The lowest BCUT2D eigenvalue weighted by Crippen LogP contribution is -2.02. The van der Waals surface area contributed by atoms with Crippen LogP contribution in [0.5, 0.6) is 5.75 Å². The molecule has 24 heavy (non-hydrogen) atoms. The molecular formula is C18H18N4OS. The van der Waals surface area contributed by atoms with Crippen molar-refractivity contribution in [1.82, 2.24) is 20.2 Å². The van der Waals surface area contributed by atoms with Crippen LogP contribution in [0.15, 0.2) is 59.8 Å². The molecule has 0 aliphatic carbocycles. The van der Waals surface area contributed by atoms with Crippen molar-refractivity contribution >= 4 is 17.8 Å². The second-order valence-corrected chi connectivity index (χ2v) is 6.16. The van der Waals surface area contributed by atoms with Crippen molar-refractivity contribution in [3.8, 4) is 11.4 Å². The summed E-state index contributed by atoms with van der Waals surface area (Å²) in [4.78, 5) is 0. The molecule has 0 bridgehead atoms. The number of thioether (sulfide) groups is 1. The zero-order valence-corrected chi connectivity index (χ0v) is 14.4. The fourth-order valence-electron chi connectivity index (χ4n) is 2.26. The molecule has 1 heterocycles. The van der Waals surface area contributed by atoms with Crippen LogP contribution in [0, 0.1) is 6.92 Å². The van der Waals surface area contributed by atoms with E-state index in [1.807, 2.05) is 43.3 Å². The summed E-state index contributed by atoms with van der Waals surface area (Å²) in [6, 6.07) is 16.1. The van der Waals surface area contributed by atoms with Gasteiger partial charge in [0.25, 0.3) is 0 Å². The van der Waals surface area contributed by atoms with Crippen molar-refractivity contribution in [2.75, 3.05) is 12.9 Å². The minimum Gasteiger partial charge on any atom is -0.494 e. The Hall–Kier alpha value is -2.60. The Morgan fingerprint density at radius 3 is 2.79 bits per heavy atom. The number of hydrogen-bond donors (Lipinski definition) is 0. The summed E-state index contributed by atoms with van der Waals surface area (Å²) in [6.45, 7) is 2.03. The first-order valence-electron chi connectivity index (χ1n) is 7.55. The predicted molar refractivity (Wildman–Crippen MR) is 96.6 cm³/mol. The average Bonchev–Trinajstić information content (AvgIpc) is 3.08. The van der Waals surface area contributed by atoms with Gasteiger partial charge in [0.1, 0.15) is 11.4 Å². The van der Waals surface area contributed by atoms with Gasteiger partial charge in [-0.05, 0) is 40.6 Å². The van der Waals surface area contributed by atoms with Crippen LogP contribution >= 0.6 is 11.8 Å². The van der Waals surface area contributed by atoms with Crippen molar-refractivity contribution in [2.24, 2.45) is 0 Å². The molecule has 5 nitrogen and oxygen atoms in total. The Bertz CT molecular complexity index is 830. The molecule has 3 aromatic rings. The SMILES string of the molecule is COc1ccc(C)cc1-n1nnnc1SCC=Cc1ccccc1. The third-order valence-electron chi connectivity index (χ3n) is 3.42. The van der Waals surface area contributed by atoms with Gasteiger partial charge in [-0.3, -0.25) is 0 Å². The summed E-state index contributed by atoms with van der Waals surface area (Å²) in [5.74, 6) is 1.53. The number of benzene rings is 2. The molecule has 0 aliphatic rings. The summed E-state index contributed by atoms with van der Waals surface area (Å²) >= 11 is 1.58. The van der Waals surface area contributed by atoms with Crippen LogP contribution < -0.4 is 4.74 Å². The van der Waals surface area contributed by atoms with E-state index in [4.69, 9.17) is 4.74 Å². The van der Waals surface area contributed by atoms with Crippen LogP contribution in [0.3, 0.4) is 0 Å². The lowest BCUT2D eigenvalue weighted by Gasteiger charge is -2.09. The minimum absolute atomic E-state index is 0.733. The molecule has 6 heteroatoms. The van der Waals surface area contributed by atoms with Gasteiger partial charge in [0.2, 0.25) is 5.16 Å². The van der Waals surface area contributed by atoms with Crippen molar-refractivity contribution in [2.45, 2.75) is 12.1 Å². The predicted octanol–water partition coefficient (Wildman–Crippen LogP) is 3.78. The second-order valence-electron chi connectivity index (χ2n) is 5.17. The van der Waals surface area contributed by atoms with Crippen LogP contribution in [-0.4, -0.2) is 33.1 Å². The standard InChI is InChI=1S/C18H18N4OS/c1-14-10-11-17(23-2)16(13-14)22-18(19-20-21-22)24-12-6-9-15-7-4-3-5-8-15/h3-11,13H,12H2,1-2H3. The first-order valence-corrected chi connectivity index (χ1v) is 8.54. The number of tetrazole rings is 1. The smallest absolute Gasteiger partial charge is 0.214 e. The van der Waals surface area contributed by atoms with Gasteiger partial charge in [-0.1, -0.05) is 60.3 Å². The molecule has 122 valence electrons. The van der Waals surface area contributed by atoms with E-state index in [0.29, 0.717) is 0 Å². The monoisotopic (exact) mass is 338 g/mol. The molecule has 0 fully saturated rings. The lowest BCUT2D eigenvalue weighted by molar-refractivity contribution is 0.410. The molecule has 0 atom stereocenters. The topological polar surface area (TPSA) is 52.8 Å². The van der Waals surface area contributed by atoms with E-state index in [1.165, 1.54) is 5.56 Å². The number of methoxy groups -OCH3 is 1. The van der Waals surface area contributed by atoms with Gasteiger partial charge < -0.3 is 4.74 Å². The first-order chi connectivity index (χ1) is 11.8. The van der Waals surface area contributed by atoms with Crippen LogP contribution in [0.2, 0.25) is 0 Å². The van der Waals surface area contributed by atoms with Gasteiger partial charge >= 0.3 is 0 Å². The molecule has 0 saturated carbocycles. The van der Waals surface area contributed by atoms with E-state index in [-0.39, 0.29) is 0 Å². The van der Waals surface area contributed by atoms with Crippen LogP contribution in [0.25, 0.3) is 11.8 Å². The van der Waals surface area contributed by atoms with Gasteiger partial charge in [-0.25, -0.2) is 0 Å². The number of hydrogen-bond acceptors (Lipinski definition) is 5. The highest BCUT2D eigenvalue weighted by molar-refractivity contribution is 7.99. The number of aromatic nitrogens is 4. The van der Waals surface area contributed by atoms with Gasteiger partial charge in [-0.15, -0.1) is 5.10 Å². The van der Waals surface area contributed by atoms with Gasteiger partial charge in [0, 0.05) is 5.75 Å². The van der Waals surface area contributed by atoms with Crippen molar-refractivity contribution < 1.29 is 4.74 Å². The highest BCUT2D eigenvalue weighted by Gasteiger charge is 2.13. The van der Waals surface area contributed by atoms with Crippen molar-refractivity contribution in [3.05, 3.63) is 65.7 Å². The van der Waals surface area contributed by atoms with Crippen LogP contribution in [0.4, 0.5) is 0 Å². The zero-order valence-electron chi connectivity index (χ0n) is 13.6. The largest absolute Gasteiger partial charge is 0.494 e. The molecule has 1 aromatic heterocycles. The van der Waals surface area contributed by atoms with Crippen LogP contribution in [-0.2, 0) is 0 Å². The van der Waals surface area contributed by atoms with Crippen LogP contribution in [0.1, 0.15) is 11.1 Å². The highest BCUT2D eigenvalue weighted by atomic mass is 32.2. The number of aryl methyl sites for hydroxylation is 1. The number of nitrogens with zero attached hydrogens (tertiary/aromatic N) is 4. The average molecular weight is 338 g/mol. The summed E-state index contributed by atoms with van der Waals surface area (Å²) in [5.41, 5.74) is 3.15. The Kier molecular flexibility index (Phi) is 5.28. The van der Waals surface area contributed by atoms with E-state index in [2.05, 4.69) is 39.8 Å². The first kappa shape index (κ1) is 16.3. The van der Waals surface area contributed by atoms with E-state index < -0.39 is 0 Å². The minimum atomic E-state index is 0.733. The molecule has 3 rings (SSSR count). The molecule has 0 radical (unpaired) electrons. The maximum atomic E-state index is 5.42. The van der Waals surface area contributed by atoms with Gasteiger partial charge in [-0.2, -0.15) is 4.68 Å². The fraction of sp³-hybridized carbons (Fsp3) is 0.167. The maximum absolute atomic E-state index is 5.42. The Morgan fingerprint density at radius 2 is 2.00 bits per heavy atom. The van der Waals surface area contributed by atoms with E-state index in [9.17, 15) is 0 Å². The highest BCUT2D eigenvalue weighted by Crippen LogP contribution is 2.27. The third kappa shape index (κ3) is 3.83. The summed E-state index contributed by atoms with van der Waals surface area (Å²) in [7, 11) is 1.65. The van der Waals surface area contributed by atoms with E-state index >= 15 is 0 Å². The molecular weight excluding hydrogens is 320 g/mol. The molecule has 0 N–H and O–H groups in total. The van der Waals surface area contributed by atoms with E-state index in [1.54, 1.807) is 23.6 Å². The van der Waals surface area contributed by atoms with Gasteiger partial charge in [0.15, 0.2) is 0 Å². The lowest BCUT2D eigenvalue weighted by atomic mass is 10.2. The molecule has 0 saturated heterocycles. The molecule has 0 spiro atoms. The molecule has 0 amide bonds. The fourth-order valence-corrected chi connectivity index (χ4v) is 2.95. The molecule has 0 aliphatic heterocycles. The Balaban J connectivity index is 1.74. The maximum Gasteiger partial charge on any atom is 0.214 e. The van der Waals surface area contributed by atoms with Gasteiger partial charge in [0.05, 0.1) is 7.11 Å². The Morgan fingerprint density at radius 1 is 1.17 bits per heavy atom. The summed E-state index contributed by atoms with van der Waals surface area (Å²) < 4.78 is 7.14. The number of rotatable bonds is 6. The second kappa shape index (κ2) is 7.79. The normalized spacial score (nSPS) is 11.1. The Labute approximate surface area is 145 Å². The number of ether oxygens (including phenoxy) is 1. The summed E-state index contributed by atoms with van der Waals surface area (Å²) in [6.07, 6.45) is 4.20. The van der Waals surface area contributed by atoms with E-state index in [0.717, 1.165) is 27.9 Å².